The number of aromatic nitrogens is 2. The molecule has 1 aliphatic rings. The lowest BCUT2D eigenvalue weighted by molar-refractivity contribution is 0.0118. The first-order valence-corrected chi connectivity index (χ1v) is 13.2. The van der Waals surface area contributed by atoms with Gasteiger partial charge in [-0.1, -0.05) is 77.1 Å². The van der Waals surface area contributed by atoms with E-state index in [9.17, 15) is 9.59 Å². The number of aryl methyl sites for hydroxylation is 1. The molecule has 1 unspecified atom stereocenters. The average molecular weight is 469 g/mol. The van der Waals surface area contributed by atoms with Gasteiger partial charge in [-0.15, -0.1) is 10.2 Å². The highest BCUT2D eigenvalue weighted by molar-refractivity contribution is 7.15. The quantitative estimate of drug-likeness (QED) is 0.227. The summed E-state index contributed by atoms with van der Waals surface area (Å²) in [5.41, 5.74) is 0. The first-order chi connectivity index (χ1) is 15.6. The molecule has 2 amide bonds. The maximum Gasteiger partial charge on any atom is 0.510 e. The Kier molecular flexibility index (Phi) is 12.4. The summed E-state index contributed by atoms with van der Waals surface area (Å²) in [6, 6.07) is -0.176. The molecule has 0 radical (unpaired) electrons. The number of carbonyl (C=O) groups is 2. The smallest absolute Gasteiger partial charge is 0.434 e. The molecule has 0 bridgehead atoms. The molecule has 0 aromatic carbocycles. The number of urea groups is 1. The van der Waals surface area contributed by atoms with Crippen LogP contribution in [0.1, 0.15) is 96.4 Å². The van der Waals surface area contributed by atoms with Crippen LogP contribution in [-0.4, -0.2) is 53.2 Å². The van der Waals surface area contributed by atoms with Crippen LogP contribution >= 0.6 is 11.3 Å². The second kappa shape index (κ2) is 15.0. The minimum Gasteiger partial charge on any atom is -0.434 e. The predicted octanol–water partition coefficient (Wildman–Crippen LogP) is 6.15. The van der Waals surface area contributed by atoms with Gasteiger partial charge in [0.1, 0.15) is 5.01 Å². The van der Waals surface area contributed by atoms with Gasteiger partial charge in [0.2, 0.25) is 5.13 Å². The summed E-state index contributed by atoms with van der Waals surface area (Å²) in [6.45, 7) is 8.00. The average Bonchev–Trinajstić information content (AvgIpc) is 3.24. The van der Waals surface area contributed by atoms with E-state index in [1.54, 1.807) is 0 Å². The second-order valence-corrected chi connectivity index (χ2v) is 9.34. The van der Waals surface area contributed by atoms with Gasteiger partial charge in [0.25, 0.3) is 0 Å². The van der Waals surface area contributed by atoms with E-state index >= 15 is 0 Å². The van der Waals surface area contributed by atoms with Crippen molar-refractivity contribution < 1.29 is 19.1 Å². The van der Waals surface area contributed by atoms with Crippen LogP contribution in [0.4, 0.5) is 14.7 Å². The molecule has 0 saturated carbocycles. The van der Waals surface area contributed by atoms with Crippen molar-refractivity contribution in [2.75, 3.05) is 24.6 Å². The Bertz CT molecular complexity index is 685. The summed E-state index contributed by atoms with van der Waals surface area (Å²) in [5, 5.41) is 9.97. The molecule has 1 aromatic rings. The number of nitrogens with zero attached hydrogens (tertiary/aromatic N) is 4. The number of hydrogen-bond acceptors (Lipinski definition) is 7. The Labute approximate surface area is 196 Å². The maximum absolute atomic E-state index is 13.3. The van der Waals surface area contributed by atoms with E-state index in [4.69, 9.17) is 9.47 Å². The molecule has 8 nitrogen and oxygen atoms in total. The van der Waals surface area contributed by atoms with E-state index in [1.165, 1.54) is 29.1 Å². The zero-order valence-electron chi connectivity index (χ0n) is 20.0. The van der Waals surface area contributed by atoms with Gasteiger partial charge in [0.05, 0.1) is 6.61 Å². The monoisotopic (exact) mass is 468 g/mol. The standard InChI is InChI=1S/C23H40N4O4S/c1-4-7-10-11-14-19-24-25-21(32-19)27-20(31-23(29)30-18-13-9-6-3)15-17-26(22(27)28)16-12-8-5-2/h20H,4-18H2,1-3H3. The molecule has 1 aliphatic heterocycles. The van der Waals surface area contributed by atoms with Crippen LogP contribution in [-0.2, 0) is 15.9 Å². The minimum absolute atomic E-state index is 0.176. The van der Waals surface area contributed by atoms with Crippen LogP contribution in [0.25, 0.3) is 0 Å². The summed E-state index contributed by atoms with van der Waals surface area (Å²) in [7, 11) is 0. The third-order valence-corrected chi connectivity index (χ3v) is 6.53. The number of carbonyl (C=O) groups excluding carboxylic acids is 2. The van der Waals surface area contributed by atoms with Crippen molar-refractivity contribution in [1.29, 1.82) is 0 Å². The molecule has 182 valence electrons. The lowest BCUT2D eigenvalue weighted by atomic mass is 10.2. The highest BCUT2D eigenvalue weighted by atomic mass is 32.1. The molecule has 2 heterocycles. The lowest BCUT2D eigenvalue weighted by Gasteiger charge is -2.38. The van der Waals surface area contributed by atoms with Gasteiger partial charge in [0.15, 0.2) is 6.23 Å². The van der Waals surface area contributed by atoms with Crippen molar-refractivity contribution in [3.8, 4) is 0 Å². The van der Waals surface area contributed by atoms with E-state index < -0.39 is 12.4 Å². The van der Waals surface area contributed by atoms with Gasteiger partial charge >= 0.3 is 12.2 Å². The lowest BCUT2D eigenvalue weighted by Crippen LogP contribution is -2.56. The molecule has 1 atom stereocenters. The molecular weight excluding hydrogens is 428 g/mol. The fraction of sp³-hybridized carbons (Fsp3) is 0.826. The second-order valence-electron chi connectivity index (χ2n) is 8.30. The number of hydrogen-bond donors (Lipinski definition) is 0. The van der Waals surface area contributed by atoms with Crippen LogP contribution in [0, 0.1) is 0 Å². The minimum atomic E-state index is -0.729. The van der Waals surface area contributed by atoms with Crippen LogP contribution in [0.5, 0.6) is 0 Å². The Morgan fingerprint density at radius 2 is 1.72 bits per heavy atom. The normalized spacial score (nSPS) is 16.5. The summed E-state index contributed by atoms with van der Waals surface area (Å²) >= 11 is 1.41. The van der Waals surface area contributed by atoms with E-state index in [0.717, 1.165) is 62.8 Å². The molecule has 32 heavy (non-hydrogen) atoms. The number of amides is 2. The number of anilines is 1. The fourth-order valence-electron chi connectivity index (χ4n) is 3.64. The van der Waals surface area contributed by atoms with Crippen molar-refractivity contribution in [1.82, 2.24) is 15.1 Å². The Morgan fingerprint density at radius 3 is 2.47 bits per heavy atom. The maximum atomic E-state index is 13.3. The van der Waals surface area contributed by atoms with Gasteiger partial charge in [-0.05, 0) is 19.3 Å². The first-order valence-electron chi connectivity index (χ1n) is 12.3. The molecular formula is C23H40N4O4S. The predicted molar refractivity (Wildman–Crippen MR) is 127 cm³/mol. The summed E-state index contributed by atoms with van der Waals surface area (Å²) in [6.07, 6.45) is 10.5. The Balaban J connectivity index is 2.05. The van der Waals surface area contributed by atoms with Gasteiger partial charge < -0.3 is 14.4 Å². The topological polar surface area (TPSA) is 84.9 Å². The van der Waals surface area contributed by atoms with Crippen molar-refractivity contribution in [3.05, 3.63) is 5.01 Å². The first kappa shape index (κ1) is 26.4. The molecule has 0 N–H and O–H groups in total. The SMILES string of the molecule is CCCCCCc1nnc(N2C(=O)N(CCCCC)CCC2OC(=O)OCCCCC)s1. The largest absolute Gasteiger partial charge is 0.510 e. The third kappa shape index (κ3) is 8.56. The van der Waals surface area contributed by atoms with Gasteiger partial charge in [-0.3, -0.25) is 0 Å². The fourth-order valence-corrected chi connectivity index (χ4v) is 4.56. The highest BCUT2D eigenvalue weighted by Crippen LogP contribution is 2.29. The third-order valence-electron chi connectivity index (χ3n) is 5.55. The van der Waals surface area contributed by atoms with Gasteiger partial charge in [-0.2, -0.15) is 0 Å². The molecule has 1 fully saturated rings. The summed E-state index contributed by atoms with van der Waals surface area (Å²) in [4.78, 5) is 28.8. The molecule has 1 saturated heterocycles. The van der Waals surface area contributed by atoms with Crippen molar-refractivity contribution in [2.24, 2.45) is 0 Å². The molecule has 2 rings (SSSR count). The summed E-state index contributed by atoms with van der Waals surface area (Å²) < 4.78 is 10.8. The van der Waals surface area contributed by atoms with E-state index in [-0.39, 0.29) is 6.03 Å². The summed E-state index contributed by atoms with van der Waals surface area (Å²) in [5.74, 6) is 0. The van der Waals surface area contributed by atoms with Crippen LogP contribution in [0.2, 0.25) is 0 Å². The Morgan fingerprint density at radius 1 is 1.00 bits per heavy atom. The van der Waals surface area contributed by atoms with Crippen molar-refractivity contribution in [2.45, 2.75) is 104 Å². The van der Waals surface area contributed by atoms with Gasteiger partial charge in [-0.25, -0.2) is 14.5 Å². The number of ether oxygens (including phenoxy) is 2. The van der Waals surface area contributed by atoms with Gasteiger partial charge in [0, 0.05) is 25.9 Å². The zero-order chi connectivity index (χ0) is 23.2. The molecule has 0 spiro atoms. The molecule has 1 aromatic heterocycles. The number of rotatable bonds is 15. The molecule has 9 heteroatoms. The Hall–Kier alpha value is -1.90. The zero-order valence-corrected chi connectivity index (χ0v) is 20.8. The van der Waals surface area contributed by atoms with Crippen LogP contribution < -0.4 is 4.90 Å². The van der Waals surface area contributed by atoms with Crippen LogP contribution in [0.15, 0.2) is 0 Å². The van der Waals surface area contributed by atoms with Crippen molar-refractivity contribution >= 4 is 28.7 Å². The molecule has 0 aliphatic carbocycles. The van der Waals surface area contributed by atoms with E-state index in [2.05, 4.69) is 31.0 Å². The van der Waals surface area contributed by atoms with E-state index in [1.807, 2.05) is 4.90 Å². The van der Waals surface area contributed by atoms with E-state index in [0.29, 0.717) is 31.2 Å². The van der Waals surface area contributed by atoms with Crippen LogP contribution in [0.3, 0.4) is 0 Å². The van der Waals surface area contributed by atoms with Crippen molar-refractivity contribution in [3.63, 3.8) is 0 Å². The highest BCUT2D eigenvalue weighted by Gasteiger charge is 2.38. The number of unbranched alkanes of at least 4 members (excludes halogenated alkanes) is 7.